The highest BCUT2D eigenvalue weighted by atomic mass is 35.5. The molecular formula is C12H9ClN2O4. The zero-order valence-corrected chi connectivity index (χ0v) is 10.3. The summed E-state index contributed by atoms with van der Waals surface area (Å²) in [5.74, 6) is -1.87. The van der Waals surface area contributed by atoms with Gasteiger partial charge in [0.05, 0.1) is 0 Å². The SMILES string of the molecule is O=C(N[C@@H](C(=O)O)c1ccccc1Cl)c1ccon1. The van der Waals surface area contributed by atoms with Crippen molar-refractivity contribution < 1.29 is 19.2 Å². The van der Waals surface area contributed by atoms with Gasteiger partial charge < -0.3 is 14.9 Å². The fraction of sp³-hybridized carbons (Fsp3) is 0.0833. The molecule has 0 aliphatic heterocycles. The van der Waals surface area contributed by atoms with Gasteiger partial charge in [0.1, 0.15) is 6.26 Å². The molecule has 98 valence electrons. The number of halogens is 1. The van der Waals surface area contributed by atoms with Crippen molar-refractivity contribution in [2.24, 2.45) is 0 Å². The summed E-state index contributed by atoms with van der Waals surface area (Å²) in [5, 5.41) is 15.2. The number of amides is 1. The summed E-state index contributed by atoms with van der Waals surface area (Å²) in [4.78, 5) is 23.0. The third-order valence-electron chi connectivity index (χ3n) is 2.41. The van der Waals surface area contributed by atoms with E-state index in [2.05, 4.69) is 15.0 Å². The molecule has 0 aliphatic rings. The fourth-order valence-electron chi connectivity index (χ4n) is 1.52. The van der Waals surface area contributed by atoms with E-state index in [1.807, 2.05) is 0 Å². The van der Waals surface area contributed by atoms with E-state index in [1.54, 1.807) is 18.2 Å². The highest BCUT2D eigenvalue weighted by Crippen LogP contribution is 2.23. The first-order valence-corrected chi connectivity index (χ1v) is 5.66. The van der Waals surface area contributed by atoms with Crippen molar-refractivity contribution in [3.8, 4) is 0 Å². The quantitative estimate of drug-likeness (QED) is 0.892. The monoisotopic (exact) mass is 280 g/mol. The Labute approximate surface area is 113 Å². The van der Waals surface area contributed by atoms with E-state index in [0.29, 0.717) is 5.56 Å². The summed E-state index contributed by atoms with van der Waals surface area (Å²) in [6, 6.07) is 6.47. The Hall–Kier alpha value is -2.34. The van der Waals surface area contributed by atoms with Crippen LogP contribution in [0.15, 0.2) is 41.1 Å². The molecule has 0 saturated carbocycles. The number of hydrogen-bond acceptors (Lipinski definition) is 4. The Bertz CT molecular complexity index is 598. The van der Waals surface area contributed by atoms with Gasteiger partial charge in [-0.15, -0.1) is 0 Å². The van der Waals surface area contributed by atoms with Crippen molar-refractivity contribution in [3.63, 3.8) is 0 Å². The van der Waals surface area contributed by atoms with E-state index in [-0.39, 0.29) is 10.7 Å². The number of aromatic nitrogens is 1. The van der Waals surface area contributed by atoms with Crippen LogP contribution in [0.5, 0.6) is 0 Å². The van der Waals surface area contributed by atoms with Crippen molar-refractivity contribution in [1.29, 1.82) is 0 Å². The Balaban J connectivity index is 2.25. The molecule has 1 aromatic heterocycles. The number of benzene rings is 1. The van der Waals surface area contributed by atoms with Gasteiger partial charge in [0.15, 0.2) is 11.7 Å². The van der Waals surface area contributed by atoms with Crippen LogP contribution < -0.4 is 5.32 Å². The number of carboxylic acid groups (broad SMARTS) is 1. The molecule has 0 unspecified atom stereocenters. The summed E-state index contributed by atoms with van der Waals surface area (Å²) >= 11 is 5.92. The number of carboxylic acids is 1. The molecule has 0 fully saturated rings. The van der Waals surface area contributed by atoms with E-state index < -0.39 is 17.9 Å². The smallest absolute Gasteiger partial charge is 0.330 e. The molecule has 0 saturated heterocycles. The third-order valence-corrected chi connectivity index (χ3v) is 2.75. The molecular weight excluding hydrogens is 272 g/mol. The van der Waals surface area contributed by atoms with E-state index in [9.17, 15) is 14.7 Å². The second-order valence-corrected chi connectivity index (χ2v) is 4.06. The van der Waals surface area contributed by atoms with Crippen LogP contribution >= 0.6 is 11.6 Å². The molecule has 1 heterocycles. The maximum atomic E-state index is 11.8. The van der Waals surface area contributed by atoms with Crippen LogP contribution in [0, 0.1) is 0 Å². The van der Waals surface area contributed by atoms with Crippen LogP contribution in [0.4, 0.5) is 0 Å². The lowest BCUT2D eigenvalue weighted by Gasteiger charge is -2.15. The number of hydrogen-bond donors (Lipinski definition) is 2. The molecule has 0 bridgehead atoms. The molecule has 2 N–H and O–H groups in total. The minimum Gasteiger partial charge on any atom is -0.479 e. The van der Waals surface area contributed by atoms with Gasteiger partial charge in [-0.05, 0) is 6.07 Å². The Kier molecular flexibility index (Phi) is 3.82. The summed E-state index contributed by atoms with van der Waals surface area (Å²) < 4.78 is 4.52. The van der Waals surface area contributed by atoms with Crippen molar-refractivity contribution in [1.82, 2.24) is 10.5 Å². The minimum atomic E-state index is -1.25. The molecule has 19 heavy (non-hydrogen) atoms. The predicted octanol–water partition coefficient (Wildman–Crippen LogP) is 1.88. The van der Waals surface area contributed by atoms with E-state index in [0.717, 1.165) is 0 Å². The minimum absolute atomic E-state index is 0.00157. The van der Waals surface area contributed by atoms with Crippen molar-refractivity contribution in [2.45, 2.75) is 6.04 Å². The van der Waals surface area contributed by atoms with Gasteiger partial charge in [-0.1, -0.05) is 35.0 Å². The number of aliphatic carboxylic acids is 1. The maximum absolute atomic E-state index is 11.8. The highest BCUT2D eigenvalue weighted by molar-refractivity contribution is 6.31. The summed E-state index contributed by atoms with van der Waals surface area (Å²) in [6.45, 7) is 0. The number of nitrogens with zero attached hydrogens (tertiary/aromatic N) is 1. The van der Waals surface area contributed by atoms with Gasteiger partial charge in [-0.3, -0.25) is 4.79 Å². The highest BCUT2D eigenvalue weighted by Gasteiger charge is 2.25. The predicted molar refractivity (Wildman–Crippen MR) is 65.8 cm³/mol. The van der Waals surface area contributed by atoms with Gasteiger partial charge in [-0.2, -0.15) is 0 Å². The molecule has 0 aliphatic carbocycles. The lowest BCUT2D eigenvalue weighted by atomic mass is 10.1. The molecule has 2 aromatic rings. The Morgan fingerprint density at radius 3 is 2.63 bits per heavy atom. The second-order valence-electron chi connectivity index (χ2n) is 3.65. The van der Waals surface area contributed by atoms with Gasteiger partial charge in [-0.25, -0.2) is 4.79 Å². The third kappa shape index (κ3) is 2.92. The molecule has 1 amide bonds. The first-order chi connectivity index (χ1) is 9.09. The average Bonchev–Trinajstić information content (AvgIpc) is 2.90. The van der Waals surface area contributed by atoms with Gasteiger partial charge in [0, 0.05) is 16.7 Å². The zero-order chi connectivity index (χ0) is 13.8. The molecule has 0 spiro atoms. The summed E-state index contributed by atoms with van der Waals surface area (Å²) in [6.07, 6.45) is 1.22. The maximum Gasteiger partial charge on any atom is 0.330 e. The number of carbonyl (C=O) groups is 2. The zero-order valence-electron chi connectivity index (χ0n) is 9.54. The second kappa shape index (κ2) is 5.53. The number of rotatable bonds is 4. The van der Waals surface area contributed by atoms with Crippen LogP contribution in [-0.2, 0) is 4.79 Å². The first-order valence-electron chi connectivity index (χ1n) is 5.28. The average molecular weight is 281 g/mol. The molecule has 1 atom stereocenters. The standard InChI is InChI=1S/C12H9ClN2O4/c13-8-4-2-1-3-7(8)10(12(17)18)14-11(16)9-5-6-19-15-9/h1-6,10H,(H,14,16)(H,17,18)/t10-/m1/s1. The van der Waals surface area contributed by atoms with Crippen LogP contribution in [0.25, 0.3) is 0 Å². The van der Waals surface area contributed by atoms with Crippen LogP contribution in [0.2, 0.25) is 5.02 Å². The number of carbonyl (C=O) groups excluding carboxylic acids is 1. The molecule has 7 heteroatoms. The Morgan fingerprint density at radius 1 is 1.32 bits per heavy atom. The van der Waals surface area contributed by atoms with E-state index >= 15 is 0 Å². The number of nitrogens with one attached hydrogen (secondary N) is 1. The fourth-order valence-corrected chi connectivity index (χ4v) is 1.76. The van der Waals surface area contributed by atoms with Gasteiger partial charge in [0.2, 0.25) is 0 Å². The summed E-state index contributed by atoms with van der Waals surface area (Å²) in [7, 11) is 0. The molecule has 0 radical (unpaired) electrons. The largest absolute Gasteiger partial charge is 0.479 e. The lowest BCUT2D eigenvalue weighted by Crippen LogP contribution is -2.34. The topological polar surface area (TPSA) is 92.4 Å². The summed E-state index contributed by atoms with van der Waals surface area (Å²) in [5.41, 5.74) is 0.298. The van der Waals surface area contributed by atoms with E-state index in [4.69, 9.17) is 11.6 Å². The van der Waals surface area contributed by atoms with Crippen LogP contribution in [0.3, 0.4) is 0 Å². The van der Waals surface area contributed by atoms with Crippen molar-refractivity contribution >= 4 is 23.5 Å². The van der Waals surface area contributed by atoms with Gasteiger partial charge in [0.25, 0.3) is 5.91 Å². The van der Waals surface area contributed by atoms with E-state index in [1.165, 1.54) is 18.4 Å². The van der Waals surface area contributed by atoms with Crippen LogP contribution in [0.1, 0.15) is 22.1 Å². The van der Waals surface area contributed by atoms with Crippen molar-refractivity contribution in [3.05, 3.63) is 52.9 Å². The molecule has 2 rings (SSSR count). The van der Waals surface area contributed by atoms with Crippen LogP contribution in [-0.4, -0.2) is 22.1 Å². The first kappa shape index (κ1) is 13.1. The van der Waals surface area contributed by atoms with Gasteiger partial charge >= 0.3 is 5.97 Å². The Morgan fingerprint density at radius 2 is 2.05 bits per heavy atom. The van der Waals surface area contributed by atoms with Crippen molar-refractivity contribution in [2.75, 3.05) is 0 Å². The normalized spacial score (nSPS) is 11.8. The molecule has 6 nitrogen and oxygen atoms in total. The lowest BCUT2D eigenvalue weighted by molar-refractivity contribution is -0.139. The molecule has 1 aromatic carbocycles.